The maximum Gasteiger partial charge on any atom is 0.253 e. The second-order valence-electron chi connectivity index (χ2n) is 9.12. The first-order chi connectivity index (χ1) is 18.2. The summed E-state index contributed by atoms with van der Waals surface area (Å²) < 4.78 is 16.1. The van der Waals surface area contributed by atoms with Gasteiger partial charge in [0, 0.05) is 60.7 Å². The summed E-state index contributed by atoms with van der Waals surface area (Å²) in [5.41, 5.74) is 4.75. The Kier molecular flexibility index (Phi) is 6.06. The molecule has 0 aliphatic carbocycles. The highest BCUT2D eigenvalue weighted by atomic mass is 19.1. The van der Waals surface area contributed by atoms with Crippen LogP contribution in [0.15, 0.2) is 91.4 Å². The van der Waals surface area contributed by atoms with Gasteiger partial charge < -0.3 is 14.8 Å². The number of amides is 1. The van der Waals surface area contributed by atoms with E-state index in [1.165, 1.54) is 12.1 Å². The van der Waals surface area contributed by atoms with Gasteiger partial charge in [-0.2, -0.15) is 0 Å². The van der Waals surface area contributed by atoms with Gasteiger partial charge in [-0.05, 0) is 73.5 Å². The minimum atomic E-state index is -0.313. The predicted octanol–water partition coefficient (Wildman–Crippen LogP) is 5.85. The number of likely N-dealkylation sites (tertiary alicyclic amines) is 1. The van der Waals surface area contributed by atoms with Crippen molar-refractivity contribution < 1.29 is 9.18 Å². The molecule has 184 valence electrons. The molecular weight excluding hydrogens is 467 g/mol. The molecule has 1 fully saturated rings. The number of aromatic nitrogens is 4. The van der Waals surface area contributed by atoms with Crippen molar-refractivity contribution in [3.8, 4) is 11.5 Å². The fourth-order valence-electron chi connectivity index (χ4n) is 4.93. The largest absolute Gasteiger partial charge is 0.355 e. The number of imidazole rings is 1. The average molecular weight is 493 g/mol. The van der Waals surface area contributed by atoms with E-state index in [-0.39, 0.29) is 17.8 Å². The molecule has 0 unspecified atom stereocenters. The number of nitrogens with zero attached hydrogens (tertiary/aromatic N) is 5. The summed E-state index contributed by atoms with van der Waals surface area (Å²) >= 11 is 0. The third-order valence-electron chi connectivity index (χ3n) is 6.76. The number of fused-ring (bicyclic) bond motifs is 1. The van der Waals surface area contributed by atoms with Gasteiger partial charge in [-0.15, -0.1) is 0 Å². The molecule has 1 N–H and O–H groups in total. The highest BCUT2D eigenvalue weighted by Gasteiger charge is 2.28. The van der Waals surface area contributed by atoms with Gasteiger partial charge in [0.2, 0.25) is 0 Å². The topological polar surface area (TPSA) is 75.9 Å². The maximum atomic E-state index is 13.9. The molecule has 0 radical (unpaired) electrons. The summed E-state index contributed by atoms with van der Waals surface area (Å²) in [5, 5.41) is 3.31. The molecule has 4 heterocycles. The van der Waals surface area contributed by atoms with Crippen molar-refractivity contribution in [3.63, 3.8) is 0 Å². The fourth-order valence-corrected chi connectivity index (χ4v) is 4.93. The number of hydrogen-bond acceptors (Lipinski definition) is 5. The fraction of sp³-hybridized carbons (Fsp3) is 0.172. The van der Waals surface area contributed by atoms with Crippen LogP contribution in [-0.4, -0.2) is 43.4 Å². The third kappa shape index (κ3) is 4.65. The van der Waals surface area contributed by atoms with Crippen molar-refractivity contribution >= 4 is 28.3 Å². The molecule has 5 aromatic rings. The number of hydrogen-bond donors (Lipinski definition) is 1. The molecule has 1 amide bonds. The van der Waals surface area contributed by atoms with Crippen LogP contribution in [0.1, 0.15) is 29.2 Å². The predicted molar refractivity (Wildman–Crippen MR) is 141 cm³/mol. The zero-order valence-corrected chi connectivity index (χ0v) is 20.1. The Bertz CT molecular complexity index is 1530. The summed E-state index contributed by atoms with van der Waals surface area (Å²) in [4.78, 5) is 28.4. The van der Waals surface area contributed by atoms with Crippen LogP contribution in [0.2, 0.25) is 0 Å². The molecule has 0 saturated carbocycles. The van der Waals surface area contributed by atoms with E-state index in [1.54, 1.807) is 24.7 Å². The van der Waals surface area contributed by atoms with E-state index in [0.29, 0.717) is 24.2 Å². The Labute approximate surface area is 213 Å². The molecule has 37 heavy (non-hydrogen) atoms. The zero-order chi connectivity index (χ0) is 25.2. The lowest BCUT2D eigenvalue weighted by Gasteiger charge is -2.33. The SMILES string of the molecule is O=C(c1ccc(Nc2ccncc2)cc1)N1CCC(n2c(-c3ccccn3)nc3cc(F)ccc32)CC1. The first-order valence-electron chi connectivity index (χ1n) is 12.3. The summed E-state index contributed by atoms with van der Waals surface area (Å²) in [7, 11) is 0. The van der Waals surface area contributed by atoms with Crippen molar-refractivity contribution in [1.82, 2.24) is 24.4 Å². The highest BCUT2D eigenvalue weighted by Crippen LogP contribution is 2.33. The van der Waals surface area contributed by atoms with Gasteiger partial charge in [-0.25, -0.2) is 9.37 Å². The van der Waals surface area contributed by atoms with E-state index in [9.17, 15) is 9.18 Å². The van der Waals surface area contributed by atoms with Gasteiger partial charge in [0.25, 0.3) is 5.91 Å². The molecule has 1 aliphatic rings. The first-order valence-corrected chi connectivity index (χ1v) is 12.3. The van der Waals surface area contributed by atoms with Crippen molar-refractivity contribution in [2.24, 2.45) is 0 Å². The Morgan fingerprint density at radius 2 is 1.65 bits per heavy atom. The number of rotatable bonds is 5. The standard InChI is InChI=1S/C29H25FN6O/c30-21-6-9-27-26(19-21)34-28(25-3-1-2-14-32-25)36(27)24-12-17-35(18-13-24)29(37)20-4-7-22(8-5-20)33-23-10-15-31-16-11-23/h1-11,14-16,19,24H,12-13,17-18H2,(H,31,33). The molecule has 8 heteroatoms. The van der Waals surface area contributed by atoms with E-state index < -0.39 is 0 Å². The second kappa shape index (κ2) is 9.81. The minimum absolute atomic E-state index is 0.0245. The van der Waals surface area contributed by atoms with E-state index in [1.807, 2.05) is 59.5 Å². The molecule has 0 atom stereocenters. The number of nitrogens with one attached hydrogen (secondary N) is 1. The number of halogens is 1. The monoisotopic (exact) mass is 492 g/mol. The number of piperidine rings is 1. The molecule has 2 aromatic carbocycles. The molecule has 1 saturated heterocycles. The van der Waals surface area contributed by atoms with Crippen LogP contribution < -0.4 is 5.32 Å². The Balaban J connectivity index is 1.19. The van der Waals surface area contributed by atoms with Gasteiger partial charge in [-0.3, -0.25) is 14.8 Å². The quantitative estimate of drug-likeness (QED) is 0.333. The molecule has 1 aliphatic heterocycles. The van der Waals surface area contributed by atoms with Crippen molar-refractivity contribution in [2.75, 3.05) is 18.4 Å². The molecule has 0 bridgehead atoms. The summed E-state index contributed by atoms with van der Waals surface area (Å²) in [6.45, 7) is 1.26. The molecular formula is C29H25FN6O. The highest BCUT2D eigenvalue weighted by molar-refractivity contribution is 5.94. The van der Waals surface area contributed by atoms with Crippen molar-refractivity contribution in [2.45, 2.75) is 18.9 Å². The number of benzene rings is 2. The Hall–Kier alpha value is -4.59. The number of anilines is 2. The normalized spacial score (nSPS) is 14.1. The average Bonchev–Trinajstić information content (AvgIpc) is 3.33. The summed E-state index contributed by atoms with van der Waals surface area (Å²) in [6.07, 6.45) is 6.74. The van der Waals surface area contributed by atoms with Crippen LogP contribution in [0.4, 0.5) is 15.8 Å². The second-order valence-corrected chi connectivity index (χ2v) is 9.12. The molecule has 7 nitrogen and oxygen atoms in total. The van der Waals surface area contributed by atoms with Crippen LogP contribution in [0.25, 0.3) is 22.6 Å². The van der Waals surface area contributed by atoms with E-state index >= 15 is 0 Å². The van der Waals surface area contributed by atoms with Crippen LogP contribution in [-0.2, 0) is 0 Å². The van der Waals surface area contributed by atoms with Crippen LogP contribution in [0.3, 0.4) is 0 Å². The Morgan fingerprint density at radius 1 is 0.892 bits per heavy atom. The molecule has 0 spiro atoms. The summed E-state index contributed by atoms with van der Waals surface area (Å²) in [5.74, 6) is 0.437. The maximum absolute atomic E-state index is 13.9. The van der Waals surface area contributed by atoms with Gasteiger partial charge >= 0.3 is 0 Å². The smallest absolute Gasteiger partial charge is 0.253 e. The van der Waals surface area contributed by atoms with E-state index in [2.05, 4.69) is 19.9 Å². The first kappa shape index (κ1) is 22.8. The van der Waals surface area contributed by atoms with Crippen LogP contribution in [0.5, 0.6) is 0 Å². The van der Waals surface area contributed by atoms with Crippen molar-refractivity contribution in [3.05, 3.63) is 103 Å². The minimum Gasteiger partial charge on any atom is -0.355 e. The lowest BCUT2D eigenvalue weighted by Crippen LogP contribution is -2.39. The molecule has 3 aromatic heterocycles. The summed E-state index contributed by atoms with van der Waals surface area (Å²) in [6, 6.07) is 21.9. The number of pyridine rings is 2. The zero-order valence-electron chi connectivity index (χ0n) is 20.1. The third-order valence-corrected chi connectivity index (χ3v) is 6.76. The van der Waals surface area contributed by atoms with Crippen LogP contribution >= 0.6 is 0 Å². The lowest BCUT2D eigenvalue weighted by molar-refractivity contribution is 0.0696. The Morgan fingerprint density at radius 3 is 2.38 bits per heavy atom. The van der Waals surface area contributed by atoms with Gasteiger partial charge in [-0.1, -0.05) is 6.07 Å². The number of carbonyl (C=O) groups is 1. The number of carbonyl (C=O) groups excluding carboxylic acids is 1. The van der Waals surface area contributed by atoms with E-state index in [4.69, 9.17) is 4.98 Å². The van der Waals surface area contributed by atoms with Crippen molar-refractivity contribution in [1.29, 1.82) is 0 Å². The van der Waals surface area contributed by atoms with E-state index in [0.717, 1.165) is 41.3 Å². The van der Waals surface area contributed by atoms with Gasteiger partial charge in [0.15, 0.2) is 5.82 Å². The lowest BCUT2D eigenvalue weighted by atomic mass is 10.0. The molecule has 6 rings (SSSR count). The van der Waals surface area contributed by atoms with Crippen LogP contribution in [0, 0.1) is 5.82 Å². The van der Waals surface area contributed by atoms with Gasteiger partial charge in [0.1, 0.15) is 11.5 Å². The van der Waals surface area contributed by atoms with Gasteiger partial charge in [0.05, 0.1) is 11.0 Å².